The lowest BCUT2D eigenvalue weighted by Crippen LogP contribution is -2.27. The summed E-state index contributed by atoms with van der Waals surface area (Å²) < 4.78 is 1.93. The maximum atomic E-state index is 12.2. The van der Waals surface area contributed by atoms with Crippen molar-refractivity contribution >= 4 is 11.6 Å². The summed E-state index contributed by atoms with van der Waals surface area (Å²) in [6.07, 6.45) is 9.68. The molecule has 1 heterocycles. The molecule has 0 atom stereocenters. The first kappa shape index (κ1) is 14.9. The Bertz CT molecular complexity index is 445. The molecule has 1 saturated carbocycles. The standard InChI is InChI=1S/C16H27N3O/c1-12(2)19-11-14(17)10-15(19)16(20)18-9-5-8-13-6-3-4-7-13/h10-13H,3-9,17H2,1-2H3,(H,18,20). The average Bonchev–Trinajstić information content (AvgIpc) is 3.03. The van der Waals surface area contributed by atoms with E-state index in [4.69, 9.17) is 5.73 Å². The number of amides is 1. The zero-order valence-corrected chi connectivity index (χ0v) is 12.7. The number of nitrogen functional groups attached to an aromatic ring is 1. The molecule has 2 rings (SSSR count). The molecule has 1 aliphatic rings. The van der Waals surface area contributed by atoms with Gasteiger partial charge < -0.3 is 15.6 Å². The predicted molar refractivity (Wildman–Crippen MR) is 82.8 cm³/mol. The van der Waals surface area contributed by atoms with E-state index in [9.17, 15) is 4.79 Å². The van der Waals surface area contributed by atoms with E-state index in [1.165, 1.54) is 32.1 Å². The molecule has 1 aromatic heterocycles. The van der Waals surface area contributed by atoms with E-state index in [1.54, 1.807) is 6.07 Å². The van der Waals surface area contributed by atoms with Gasteiger partial charge in [0.2, 0.25) is 0 Å². The molecule has 1 aromatic rings. The van der Waals surface area contributed by atoms with Crippen LogP contribution < -0.4 is 11.1 Å². The summed E-state index contributed by atoms with van der Waals surface area (Å²) in [5.41, 5.74) is 7.10. The van der Waals surface area contributed by atoms with E-state index in [0.717, 1.165) is 18.9 Å². The fourth-order valence-electron chi connectivity index (χ4n) is 3.09. The second kappa shape index (κ2) is 6.82. The number of rotatable bonds is 6. The molecule has 1 amide bonds. The summed E-state index contributed by atoms with van der Waals surface area (Å²) in [4.78, 5) is 12.2. The number of nitrogens with two attached hydrogens (primary N) is 1. The van der Waals surface area contributed by atoms with Crippen molar-refractivity contribution in [2.75, 3.05) is 12.3 Å². The molecule has 0 aliphatic heterocycles. The Hall–Kier alpha value is -1.45. The van der Waals surface area contributed by atoms with Crippen LogP contribution in [0.5, 0.6) is 0 Å². The second-order valence-electron chi connectivity index (χ2n) is 6.21. The summed E-state index contributed by atoms with van der Waals surface area (Å²) in [7, 11) is 0. The van der Waals surface area contributed by atoms with Crippen molar-refractivity contribution in [2.45, 2.75) is 58.4 Å². The predicted octanol–water partition coefficient (Wildman–Crippen LogP) is 3.35. The van der Waals surface area contributed by atoms with E-state index >= 15 is 0 Å². The third kappa shape index (κ3) is 3.78. The maximum Gasteiger partial charge on any atom is 0.267 e. The van der Waals surface area contributed by atoms with Gasteiger partial charge in [-0.3, -0.25) is 4.79 Å². The lowest BCUT2D eigenvalue weighted by Gasteiger charge is -2.13. The largest absolute Gasteiger partial charge is 0.397 e. The number of nitrogens with zero attached hydrogens (tertiary/aromatic N) is 1. The number of hydrogen-bond acceptors (Lipinski definition) is 2. The first-order chi connectivity index (χ1) is 9.58. The Morgan fingerprint density at radius 1 is 1.45 bits per heavy atom. The molecule has 3 N–H and O–H groups in total. The minimum atomic E-state index is -0.0122. The molecular formula is C16H27N3O. The van der Waals surface area contributed by atoms with E-state index in [2.05, 4.69) is 19.2 Å². The Labute approximate surface area is 121 Å². The minimum absolute atomic E-state index is 0.0122. The molecule has 0 radical (unpaired) electrons. The van der Waals surface area contributed by atoms with E-state index in [-0.39, 0.29) is 11.9 Å². The fourth-order valence-corrected chi connectivity index (χ4v) is 3.09. The van der Waals surface area contributed by atoms with Gasteiger partial charge in [0, 0.05) is 18.8 Å². The lowest BCUT2D eigenvalue weighted by atomic mass is 10.0. The van der Waals surface area contributed by atoms with Crippen molar-refractivity contribution < 1.29 is 4.79 Å². The molecule has 4 nitrogen and oxygen atoms in total. The topological polar surface area (TPSA) is 60.0 Å². The monoisotopic (exact) mass is 277 g/mol. The van der Waals surface area contributed by atoms with Crippen LogP contribution in [0.15, 0.2) is 12.3 Å². The van der Waals surface area contributed by atoms with Crippen LogP contribution >= 0.6 is 0 Å². The van der Waals surface area contributed by atoms with Gasteiger partial charge in [-0.05, 0) is 38.7 Å². The van der Waals surface area contributed by atoms with Crippen LogP contribution in [0.4, 0.5) is 5.69 Å². The molecular weight excluding hydrogens is 250 g/mol. The zero-order chi connectivity index (χ0) is 14.5. The number of aromatic nitrogens is 1. The first-order valence-electron chi connectivity index (χ1n) is 7.83. The maximum absolute atomic E-state index is 12.2. The summed E-state index contributed by atoms with van der Waals surface area (Å²) in [6, 6.07) is 2.00. The lowest BCUT2D eigenvalue weighted by molar-refractivity contribution is 0.0941. The minimum Gasteiger partial charge on any atom is -0.397 e. The van der Waals surface area contributed by atoms with Gasteiger partial charge in [0.05, 0.1) is 5.69 Å². The molecule has 112 valence electrons. The van der Waals surface area contributed by atoms with Gasteiger partial charge in [-0.1, -0.05) is 25.7 Å². The third-order valence-electron chi connectivity index (χ3n) is 4.21. The van der Waals surface area contributed by atoms with Crippen molar-refractivity contribution in [1.29, 1.82) is 0 Å². The highest BCUT2D eigenvalue weighted by Gasteiger charge is 2.16. The van der Waals surface area contributed by atoms with Gasteiger partial charge >= 0.3 is 0 Å². The molecule has 4 heteroatoms. The van der Waals surface area contributed by atoms with Crippen LogP contribution in [0.2, 0.25) is 0 Å². The van der Waals surface area contributed by atoms with Crippen LogP contribution in [0, 0.1) is 5.92 Å². The number of carbonyl (C=O) groups excluding carboxylic acids is 1. The van der Waals surface area contributed by atoms with Crippen LogP contribution in [0.1, 0.15) is 68.9 Å². The summed E-state index contributed by atoms with van der Waals surface area (Å²) in [5, 5.41) is 3.02. The van der Waals surface area contributed by atoms with Crippen LogP contribution in [-0.4, -0.2) is 17.0 Å². The average molecular weight is 277 g/mol. The number of anilines is 1. The van der Waals surface area contributed by atoms with Crippen molar-refractivity contribution in [3.05, 3.63) is 18.0 Å². The smallest absolute Gasteiger partial charge is 0.267 e. The molecule has 0 aromatic carbocycles. The van der Waals surface area contributed by atoms with E-state index in [0.29, 0.717) is 11.4 Å². The number of nitrogens with one attached hydrogen (secondary N) is 1. The Morgan fingerprint density at radius 2 is 2.15 bits per heavy atom. The van der Waals surface area contributed by atoms with Gasteiger partial charge in [0.25, 0.3) is 5.91 Å². The molecule has 1 aliphatic carbocycles. The fraction of sp³-hybridized carbons (Fsp3) is 0.688. The number of hydrogen-bond donors (Lipinski definition) is 2. The molecule has 0 bridgehead atoms. The van der Waals surface area contributed by atoms with Crippen LogP contribution in [-0.2, 0) is 0 Å². The Morgan fingerprint density at radius 3 is 2.80 bits per heavy atom. The SMILES string of the molecule is CC(C)n1cc(N)cc1C(=O)NCCCC1CCCC1. The normalized spacial score (nSPS) is 15.9. The quantitative estimate of drug-likeness (QED) is 0.783. The highest BCUT2D eigenvalue weighted by atomic mass is 16.1. The van der Waals surface area contributed by atoms with Gasteiger partial charge in [-0.25, -0.2) is 0 Å². The van der Waals surface area contributed by atoms with Gasteiger partial charge in [0.1, 0.15) is 5.69 Å². The van der Waals surface area contributed by atoms with Crippen LogP contribution in [0.3, 0.4) is 0 Å². The van der Waals surface area contributed by atoms with Gasteiger partial charge in [-0.2, -0.15) is 0 Å². The van der Waals surface area contributed by atoms with Gasteiger partial charge in [0.15, 0.2) is 0 Å². The van der Waals surface area contributed by atoms with Crippen LogP contribution in [0.25, 0.3) is 0 Å². The van der Waals surface area contributed by atoms with Crippen molar-refractivity contribution in [1.82, 2.24) is 9.88 Å². The van der Waals surface area contributed by atoms with E-state index in [1.807, 2.05) is 10.8 Å². The summed E-state index contributed by atoms with van der Waals surface area (Å²) in [5.74, 6) is 0.879. The van der Waals surface area contributed by atoms with Crippen molar-refractivity contribution in [2.24, 2.45) is 5.92 Å². The Kier molecular flexibility index (Phi) is 5.10. The summed E-state index contributed by atoms with van der Waals surface area (Å²) in [6.45, 7) is 4.87. The second-order valence-corrected chi connectivity index (χ2v) is 6.21. The molecule has 20 heavy (non-hydrogen) atoms. The first-order valence-corrected chi connectivity index (χ1v) is 7.83. The third-order valence-corrected chi connectivity index (χ3v) is 4.21. The van der Waals surface area contributed by atoms with Crippen molar-refractivity contribution in [3.8, 4) is 0 Å². The highest BCUT2D eigenvalue weighted by molar-refractivity contribution is 5.93. The highest BCUT2D eigenvalue weighted by Crippen LogP contribution is 2.28. The molecule has 0 saturated heterocycles. The van der Waals surface area contributed by atoms with Crippen molar-refractivity contribution in [3.63, 3.8) is 0 Å². The van der Waals surface area contributed by atoms with E-state index < -0.39 is 0 Å². The Balaban J connectivity index is 1.79. The van der Waals surface area contributed by atoms with Gasteiger partial charge in [-0.15, -0.1) is 0 Å². The molecule has 0 unspecified atom stereocenters. The molecule has 1 fully saturated rings. The zero-order valence-electron chi connectivity index (χ0n) is 12.7. The molecule has 0 spiro atoms. The summed E-state index contributed by atoms with van der Waals surface area (Å²) >= 11 is 0. The number of carbonyl (C=O) groups is 1.